The fraction of sp³-hybridized carbons (Fsp3) is 0.250. The third-order valence-electron chi connectivity index (χ3n) is 4.08. The molecule has 0 aliphatic heterocycles. The number of nitrogens with one attached hydrogen (secondary N) is 2. The van der Waals surface area contributed by atoms with E-state index in [9.17, 15) is 13.2 Å². The maximum absolute atomic E-state index is 12.3. The van der Waals surface area contributed by atoms with Crippen molar-refractivity contribution >= 4 is 32.4 Å². The van der Waals surface area contributed by atoms with E-state index in [1.807, 2.05) is 25.1 Å². The molecule has 3 rings (SSSR count). The molecule has 3 aromatic rings. The smallest absolute Gasteiger partial charge is 0.266 e. The molecule has 2 N–H and O–H groups in total. The summed E-state index contributed by atoms with van der Waals surface area (Å²) in [5.74, 6) is 0.251. The second-order valence-electron chi connectivity index (χ2n) is 6.52. The molecule has 0 bridgehead atoms. The molecule has 1 atom stereocenters. The summed E-state index contributed by atoms with van der Waals surface area (Å²) < 4.78 is 32.7. The van der Waals surface area contributed by atoms with Gasteiger partial charge in [0, 0.05) is 13.0 Å². The molecule has 1 heterocycles. The molecule has 0 fully saturated rings. The van der Waals surface area contributed by atoms with Gasteiger partial charge in [-0.15, -0.1) is 10.2 Å². The average Bonchev–Trinajstić information content (AvgIpc) is 3.16. The van der Waals surface area contributed by atoms with Crippen LogP contribution in [-0.4, -0.2) is 37.2 Å². The van der Waals surface area contributed by atoms with Crippen LogP contribution in [0, 0.1) is 6.92 Å². The van der Waals surface area contributed by atoms with Crippen molar-refractivity contribution < 1.29 is 17.9 Å². The van der Waals surface area contributed by atoms with Crippen LogP contribution in [0.15, 0.2) is 59.5 Å². The lowest BCUT2D eigenvalue weighted by atomic mass is 10.2. The Morgan fingerprint density at radius 2 is 1.80 bits per heavy atom. The van der Waals surface area contributed by atoms with Crippen LogP contribution in [0.5, 0.6) is 5.75 Å². The molecule has 0 radical (unpaired) electrons. The second kappa shape index (κ2) is 9.79. The molecule has 1 aromatic heterocycles. The number of hydrogen-bond donors (Lipinski definition) is 2. The third-order valence-corrected chi connectivity index (χ3v) is 6.46. The zero-order valence-corrected chi connectivity index (χ0v) is 18.2. The number of sulfonamides is 1. The van der Waals surface area contributed by atoms with Gasteiger partial charge in [0.05, 0.1) is 4.90 Å². The SMILES string of the molecule is Cc1ccc(S(=O)(=O)NCCc2nnc(NC(=O)C(C)Oc3ccccc3)s2)cc1. The monoisotopic (exact) mass is 446 g/mol. The highest BCUT2D eigenvalue weighted by Crippen LogP contribution is 2.17. The Hall–Kier alpha value is -2.82. The Labute approximate surface area is 179 Å². The maximum Gasteiger partial charge on any atom is 0.266 e. The minimum absolute atomic E-state index is 0.173. The van der Waals surface area contributed by atoms with Gasteiger partial charge >= 0.3 is 0 Å². The van der Waals surface area contributed by atoms with Crippen LogP contribution < -0.4 is 14.8 Å². The quantitative estimate of drug-likeness (QED) is 0.523. The molecule has 10 heteroatoms. The second-order valence-corrected chi connectivity index (χ2v) is 9.35. The summed E-state index contributed by atoms with van der Waals surface area (Å²) in [5.41, 5.74) is 0.987. The normalized spacial score (nSPS) is 12.3. The van der Waals surface area contributed by atoms with Crippen LogP contribution in [0.25, 0.3) is 0 Å². The van der Waals surface area contributed by atoms with E-state index in [-0.39, 0.29) is 17.3 Å². The first-order valence-electron chi connectivity index (χ1n) is 9.25. The van der Waals surface area contributed by atoms with Crippen molar-refractivity contribution in [2.75, 3.05) is 11.9 Å². The van der Waals surface area contributed by atoms with Gasteiger partial charge in [0.15, 0.2) is 6.10 Å². The number of amides is 1. The number of hydrogen-bond acceptors (Lipinski definition) is 7. The number of nitrogens with zero attached hydrogens (tertiary/aromatic N) is 2. The molecule has 0 aliphatic rings. The van der Waals surface area contributed by atoms with Crippen molar-refractivity contribution in [3.05, 3.63) is 65.2 Å². The standard InChI is InChI=1S/C20H22N4O4S2/c1-14-8-10-17(11-9-14)30(26,27)21-13-12-18-23-24-20(29-18)22-19(25)15(2)28-16-6-4-3-5-7-16/h3-11,15,21H,12-13H2,1-2H3,(H,22,24,25). The molecule has 2 aromatic carbocycles. The number of carbonyl (C=O) groups is 1. The van der Waals surface area contributed by atoms with Crippen LogP contribution in [0.3, 0.4) is 0 Å². The van der Waals surface area contributed by atoms with Gasteiger partial charge in [0.25, 0.3) is 5.91 Å². The fourth-order valence-electron chi connectivity index (χ4n) is 2.46. The van der Waals surface area contributed by atoms with Crippen LogP contribution in [0.4, 0.5) is 5.13 Å². The van der Waals surface area contributed by atoms with E-state index >= 15 is 0 Å². The van der Waals surface area contributed by atoms with Crippen molar-refractivity contribution in [1.29, 1.82) is 0 Å². The molecule has 8 nitrogen and oxygen atoms in total. The highest BCUT2D eigenvalue weighted by Gasteiger charge is 2.17. The van der Waals surface area contributed by atoms with E-state index < -0.39 is 16.1 Å². The summed E-state index contributed by atoms with van der Waals surface area (Å²) in [7, 11) is -3.58. The molecular formula is C20H22N4O4S2. The molecule has 30 heavy (non-hydrogen) atoms. The van der Waals surface area contributed by atoms with Crippen molar-refractivity contribution in [1.82, 2.24) is 14.9 Å². The number of aromatic nitrogens is 2. The largest absolute Gasteiger partial charge is 0.481 e. The summed E-state index contributed by atoms with van der Waals surface area (Å²) in [6.07, 6.45) is -0.351. The van der Waals surface area contributed by atoms with Crippen LogP contribution in [0.1, 0.15) is 17.5 Å². The molecule has 0 aliphatic carbocycles. The minimum Gasteiger partial charge on any atom is -0.481 e. The van der Waals surface area contributed by atoms with E-state index in [0.29, 0.717) is 22.3 Å². The van der Waals surface area contributed by atoms with E-state index in [4.69, 9.17) is 4.74 Å². The summed E-state index contributed by atoms with van der Waals surface area (Å²) >= 11 is 1.19. The lowest BCUT2D eigenvalue weighted by Crippen LogP contribution is -2.30. The maximum atomic E-state index is 12.3. The van der Waals surface area contributed by atoms with Crippen molar-refractivity contribution in [3.8, 4) is 5.75 Å². The molecule has 1 unspecified atom stereocenters. The van der Waals surface area contributed by atoms with Crippen molar-refractivity contribution in [3.63, 3.8) is 0 Å². The molecule has 158 valence electrons. The molecule has 1 amide bonds. The van der Waals surface area contributed by atoms with Gasteiger partial charge < -0.3 is 4.74 Å². The van der Waals surface area contributed by atoms with Gasteiger partial charge in [-0.3, -0.25) is 10.1 Å². The lowest BCUT2D eigenvalue weighted by molar-refractivity contribution is -0.122. The summed E-state index contributed by atoms with van der Waals surface area (Å²) in [6, 6.07) is 15.7. The van der Waals surface area contributed by atoms with E-state index in [0.717, 1.165) is 5.56 Å². The zero-order chi connectivity index (χ0) is 21.6. The lowest BCUT2D eigenvalue weighted by Gasteiger charge is -2.13. The average molecular weight is 447 g/mol. The van der Waals surface area contributed by atoms with E-state index in [1.54, 1.807) is 43.3 Å². The number of benzene rings is 2. The summed E-state index contributed by atoms with van der Waals surface area (Å²) in [5, 5.41) is 11.5. The summed E-state index contributed by atoms with van der Waals surface area (Å²) in [6.45, 7) is 3.71. The number of anilines is 1. The Morgan fingerprint density at radius 3 is 2.50 bits per heavy atom. The third kappa shape index (κ3) is 6.09. The van der Waals surface area contributed by atoms with Crippen molar-refractivity contribution in [2.45, 2.75) is 31.3 Å². The minimum atomic E-state index is -3.58. The first-order valence-corrected chi connectivity index (χ1v) is 11.5. The number of carbonyl (C=O) groups excluding carboxylic acids is 1. The Balaban J connectivity index is 1.49. The number of aryl methyl sites for hydroxylation is 1. The predicted octanol–water partition coefficient (Wildman–Crippen LogP) is 2.77. The van der Waals surface area contributed by atoms with Gasteiger partial charge in [-0.2, -0.15) is 0 Å². The summed E-state index contributed by atoms with van der Waals surface area (Å²) in [4.78, 5) is 12.5. The molecule has 0 saturated carbocycles. The first-order chi connectivity index (χ1) is 14.3. The Kier molecular flexibility index (Phi) is 7.14. The van der Waals surface area contributed by atoms with Crippen LogP contribution in [0.2, 0.25) is 0 Å². The van der Waals surface area contributed by atoms with E-state index in [1.165, 1.54) is 11.3 Å². The zero-order valence-electron chi connectivity index (χ0n) is 16.5. The molecular weight excluding hydrogens is 424 g/mol. The van der Waals surface area contributed by atoms with E-state index in [2.05, 4.69) is 20.2 Å². The highest BCUT2D eigenvalue weighted by atomic mass is 32.2. The predicted molar refractivity (Wildman–Crippen MR) is 115 cm³/mol. The van der Waals surface area contributed by atoms with Crippen LogP contribution >= 0.6 is 11.3 Å². The Morgan fingerprint density at radius 1 is 1.10 bits per heavy atom. The van der Waals surface area contributed by atoms with Gasteiger partial charge in [-0.1, -0.05) is 47.2 Å². The van der Waals surface area contributed by atoms with Gasteiger partial charge in [0.2, 0.25) is 15.2 Å². The van der Waals surface area contributed by atoms with Crippen LogP contribution in [-0.2, 0) is 21.2 Å². The highest BCUT2D eigenvalue weighted by molar-refractivity contribution is 7.89. The topological polar surface area (TPSA) is 110 Å². The number of ether oxygens (including phenoxy) is 1. The van der Waals surface area contributed by atoms with Gasteiger partial charge in [-0.25, -0.2) is 13.1 Å². The fourth-order valence-corrected chi connectivity index (χ4v) is 4.24. The first kappa shape index (κ1) is 21.9. The Bertz CT molecular complexity index is 1080. The number of rotatable bonds is 9. The number of para-hydroxylation sites is 1. The molecule has 0 saturated heterocycles. The van der Waals surface area contributed by atoms with Gasteiger partial charge in [-0.05, 0) is 38.1 Å². The van der Waals surface area contributed by atoms with Crippen molar-refractivity contribution in [2.24, 2.45) is 0 Å². The molecule has 0 spiro atoms. The van der Waals surface area contributed by atoms with Gasteiger partial charge in [0.1, 0.15) is 10.8 Å².